The Bertz CT molecular complexity index is 538. The molecule has 2 rings (SSSR count). The van der Waals surface area contributed by atoms with E-state index in [-0.39, 0.29) is 17.6 Å². The lowest BCUT2D eigenvalue weighted by Gasteiger charge is -2.36. The second-order valence-corrected chi connectivity index (χ2v) is 5.15. The Hall–Kier alpha value is -1.37. The highest BCUT2D eigenvalue weighted by molar-refractivity contribution is 7.80. The molecule has 1 atom stereocenters. The Morgan fingerprint density at radius 1 is 1.60 bits per heavy atom. The van der Waals surface area contributed by atoms with E-state index in [4.69, 9.17) is 39.0 Å². The highest BCUT2D eigenvalue weighted by Gasteiger charge is 2.32. The number of thiocarbonyl (C=S) groups is 1. The quantitative estimate of drug-likeness (QED) is 0.671. The van der Waals surface area contributed by atoms with Gasteiger partial charge in [-0.2, -0.15) is 0 Å². The number of morpholine rings is 1. The molecule has 0 radical (unpaired) electrons. The summed E-state index contributed by atoms with van der Waals surface area (Å²) in [4.78, 5) is 13.9. The molecule has 1 unspecified atom stereocenters. The largest absolute Gasteiger partial charge is 0.467 e. The molecule has 1 heterocycles. The van der Waals surface area contributed by atoms with Crippen molar-refractivity contribution in [2.75, 3.05) is 31.8 Å². The van der Waals surface area contributed by atoms with Gasteiger partial charge in [0.15, 0.2) is 6.04 Å². The number of rotatable bonds is 3. The molecular weight excluding hydrogens is 300 g/mol. The summed E-state index contributed by atoms with van der Waals surface area (Å²) in [5.74, 6) is -0.362. The van der Waals surface area contributed by atoms with Gasteiger partial charge in [0.25, 0.3) is 0 Å². The van der Waals surface area contributed by atoms with Gasteiger partial charge in [0.05, 0.1) is 30.9 Å². The minimum Gasteiger partial charge on any atom is -0.467 e. The second-order valence-electron chi connectivity index (χ2n) is 4.31. The number of esters is 1. The maximum atomic E-state index is 11.9. The van der Waals surface area contributed by atoms with Crippen molar-refractivity contribution in [2.24, 2.45) is 5.73 Å². The molecule has 5 nitrogen and oxygen atoms in total. The third kappa shape index (κ3) is 2.87. The van der Waals surface area contributed by atoms with Crippen LogP contribution in [-0.4, -0.2) is 43.9 Å². The third-order valence-electron chi connectivity index (χ3n) is 3.15. The summed E-state index contributed by atoms with van der Waals surface area (Å²) < 4.78 is 10.2. The molecular formula is C13H15ClN2O3S. The van der Waals surface area contributed by atoms with Crippen LogP contribution in [0.15, 0.2) is 18.2 Å². The Morgan fingerprint density at radius 2 is 2.35 bits per heavy atom. The topological polar surface area (TPSA) is 64.8 Å². The molecule has 20 heavy (non-hydrogen) atoms. The van der Waals surface area contributed by atoms with Crippen LogP contribution in [0.2, 0.25) is 5.02 Å². The number of methoxy groups -OCH3 is 1. The summed E-state index contributed by atoms with van der Waals surface area (Å²) >= 11 is 11.2. The molecule has 1 aromatic carbocycles. The van der Waals surface area contributed by atoms with Crippen LogP contribution in [0, 0.1) is 0 Å². The summed E-state index contributed by atoms with van der Waals surface area (Å²) in [6.07, 6.45) is 0. The van der Waals surface area contributed by atoms with E-state index in [1.54, 1.807) is 12.1 Å². The molecule has 0 aromatic heterocycles. The molecule has 0 amide bonds. The van der Waals surface area contributed by atoms with Crippen LogP contribution in [0.25, 0.3) is 0 Å². The van der Waals surface area contributed by atoms with Crippen molar-refractivity contribution in [3.8, 4) is 0 Å². The van der Waals surface area contributed by atoms with Crippen molar-refractivity contribution < 1.29 is 14.3 Å². The molecule has 1 aromatic rings. The van der Waals surface area contributed by atoms with Crippen molar-refractivity contribution >= 4 is 40.5 Å². The molecule has 0 saturated carbocycles. The lowest BCUT2D eigenvalue weighted by Crippen LogP contribution is -2.51. The SMILES string of the molecule is COC(=O)C1COCCN1c1cccc(Cl)c1C(N)=S. The Balaban J connectivity index is 2.45. The first-order valence-electron chi connectivity index (χ1n) is 6.06. The maximum absolute atomic E-state index is 11.9. The Labute approximate surface area is 127 Å². The number of halogens is 1. The monoisotopic (exact) mass is 314 g/mol. The Kier molecular flexibility index (Phi) is 4.80. The van der Waals surface area contributed by atoms with Gasteiger partial charge in [0.1, 0.15) is 4.99 Å². The minimum atomic E-state index is -0.527. The van der Waals surface area contributed by atoms with E-state index >= 15 is 0 Å². The van der Waals surface area contributed by atoms with Crippen LogP contribution in [0.4, 0.5) is 5.69 Å². The van der Waals surface area contributed by atoms with E-state index in [0.29, 0.717) is 23.7 Å². The van der Waals surface area contributed by atoms with Gasteiger partial charge in [0, 0.05) is 12.2 Å². The fourth-order valence-corrected chi connectivity index (χ4v) is 2.76. The zero-order valence-electron chi connectivity index (χ0n) is 11.0. The van der Waals surface area contributed by atoms with Crippen molar-refractivity contribution in [3.63, 3.8) is 0 Å². The molecule has 1 aliphatic rings. The number of nitrogens with two attached hydrogens (primary N) is 1. The predicted octanol–water partition coefficient (Wildman–Crippen LogP) is 1.35. The first-order chi connectivity index (χ1) is 9.56. The number of ether oxygens (including phenoxy) is 2. The number of carbonyl (C=O) groups excluding carboxylic acids is 1. The zero-order chi connectivity index (χ0) is 14.7. The summed E-state index contributed by atoms with van der Waals surface area (Å²) in [5.41, 5.74) is 7.04. The van der Waals surface area contributed by atoms with E-state index in [1.165, 1.54) is 7.11 Å². The fourth-order valence-electron chi connectivity index (χ4n) is 2.22. The first kappa shape index (κ1) is 15.0. The van der Waals surface area contributed by atoms with Crippen molar-refractivity contribution in [1.29, 1.82) is 0 Å². The minimum absolute atomic E-state index is 0.195. The first-order valence-corrected chi connectivity index (χ1v) is 6.85. The Morgan fingerprint density at radius 3 is 3.00 bits per heavy atom. The molecule has 7 heteroatoms. The summed E-state index contributed by atoms with van der Waals surface area (Å²) in [6, 6.07) is 4.82. The molecule has 2 N–H and O–H groups in total. The standard InChI is InChI=1S/C13H15ClN2O3S/c1-18-13(17)10-7-19-6-5-16(10)9-4-2-3-8(14)11(9)12(15)20/h2-4,10H,5-7H2,1H3,(H2,15,20). The molecule has 1 fully saturated rings. The molecule has 0 bridgehead atoms. The van der Waals surface area contributed by atoms with E-state index in [9.17, 15) is 4.79 Å². The lowest BCUT2D eigenvalue weighted by molar-refractivity contribution is -0.144. The highest BCUT2D eigenvalue weighted by atomic mass is 35.5. The second kappa shape index (κ2) is 6.39. The average molecular weight is 315 g/mol. The summed E-state index contributed by atoms with van der Waals surface area (Å²) in [5, 5.41) is 0.463. The van der Waals surface area contributed by atoms with E-state index in [0.717, 1.165) is 5.69 Å². The highest BCUT2D eigenvalue weighted by Crippen LogP contribution is 2.30. The van der Waals surface area contributed by atoms with Crippen LogP contribution >= 0.6 is 23.8 Å². The van der Waals surface area contributed by atoms with Crippen LogP contribution in [-0.2, 0) is 14.3 Å². The van der Waals surface area contributed by atoms with Gasteiger partial charge >= 0.3 is 5.97 Å². The van der Waals surface area contributed by atoms with Gasteiger partial charge in [-0.25, -0.2) is 4.79 Å². The van der Waals surface area contributed by atoms with Gasteiger partial charge in [0.2, 0.25) is 0 Å². The number of hydrogen-bond donors (Lipinski definition) is 1. The van der Waals surface area contributed by atoms with Crippen LogP contribution in [0.3, 0.4) is 0 Å². The summed E-state index contributed by atoms with van der Waals surface area (Å²) in [7, 11) is 1.35. The number of nitrogens with zero attached hydrogens (tertiary/aromatic N) is 1. The van der Waals surface area contributed by atoms with E-state index < -0.39 is 6.04 Å². The van der Waals surface area contributed by atoms with Gasteiger partial charge < -0.3 is 20.1 Å². The fraction of sp³-hybridized carbons (Fsp3) is 0.385. The zero-order valence-corrected chi connectivity index (χ0v) is 12.5. The molecule has 0 spiro atoms. The van der Waals surface area contributed by atoms with Crippen LogP contribution < -0.4 is 10.6 Å². The number of hydrogen-bond acceptors (Lipinski definition) is 5. The van der Waals surface area contributed by atoms with Crippen LogP contribution in [0.1, 0.15) is 5.56 Å². The molecule has 108 valence electrons. The number of carbonyl (C=O) groups is 1. The van der Waals surface area contributed by atoms with Gasteiger partial charge in [-0.1, -0.05) is 29.9 Å². The predicted molar refractivity (Wildman–Crippen MR) is 81.3 cm³/mol. The lowest BCUT2D eigenvalue weighted by atomic mass is 10.1. The van der Waals surface area contributed by atoms with E-state index in [2.05, 4.69) is 0 Å². The van der Waals surface area contributed by atoms with Gasteiger partial charge in [-0.3, -0.25) is 0 Å². The number of anilines is 1. The number of benzene rings is 1. The smallest absolute Gasteiger partial charge is 0.330 e. The molecule has 0 aliphatic carbocycles. The van der Waals surface area contributed by atoms with Crippen molar-refractivity contribution in [2.45, 2.75) is 6.04 Å². The van der Waals surface area contributed by atoms with Crippen molar-refractivity contribution in [3.05, 3.63) is 28.8 Å². The van der Waals surface area contributed by atoms with Gasteiger partial charge in [-0.05, 0) is 12.1 Å². The maximum Gasteiger partial charge on any atom is 0.330 e. The van der Waals surface area contributed by atoms with E-state index in [1.807, 2.05) is 11.0 Å². The van der Waals surface area contributed by atoms with Crippen LogP contribution in [0.5, 0.6) is 0 Å². The van der Waals surface area contributed by atoms with Gasteiger partial charge in [-0.15, -0.1) is 0 Å². The third-order valence-corrected chi connectivity index (χ3v) is 3.67. The molecule has 1 aliphatic heterocycles. The normalized spacial score (nSPS) is 18.7. The molecule has 1 saturated heterocycles. The summed E-state index contributed by atoms with van der Waals surface area (Å²) in [6.45, 7) is 1.31. The van der Waals surface area contributed by atoms with Crippen molar-refractivity contribution in [1.82, 2.24) is 0 Å². The average Bonchev–Trinajstić information content (AvgIpc) is 2.45.